The lowest BCUT2D eigenvalue weighted by molar-refractivity contribution is -0.143. The fourth-order valence-electron chi connectivity index (χ4n) is 2.78. The van der Waals surface area contributed by atoms with E-state index in [2.05, 4.69) is 15.1 Å². The molecule has 1 aliphatic rings. The molecule has 1 saturated carbocycles. The molecule has 2 aromatic rings. The number of aliphatic carboxylic acids is 1. The minimum atomic E-state index is -0.716. The lowest BCUT2D eigenvalue weighted by Crippen LogP contribution is -2.23. The van der Waals surface area contributed by atoms with Crippen molar-refractivity contribution < 1.29 is 9.90 Å². The van der Waals surface area contributed by atoms with Crippen molar-refractivity contribution >= 4 is 28.6 Å². The predicted octanol–water partition coefficient (Wildman–Crippen LogP) is 1.98. The molecule has 1 aliphatic carbocycles. The molecule has 2 atom stereocenters. The zero-order chi connectivity index (χ0) is 13.4. The molecule has 0 radical (unpaired) electrons. The summed E-state index contributed by atoms with van der Waals surface area (Å²) >= 11 is 5.79. The Morgan fingerprint density at radius 1 is 1.47 bits per heavy atom. The summed E-state index contributed by atoms with van der Waals surface area (Å²) in [6.07, 6.45) is 5.91. The van der Waals surface area contributed by atoms with E-state index in [-0.39, 0.29) is 17.1 Å². The van der Waals surface area contributed by atoms with E-state index in [1.807, 2.05) is 0 Å². The molecule has 0 amide bonds. The number of hydrogen-bond acceptors (Lipinski definition) is 4. The molecular weight excluding hydrogens is 268 g/mol. The Hall–Kier alpha value is -1.69. The van der Waals surface area contributed by atoms with Crippen molar-refractivity contribution in [3.8, 4) is 0 Å². The Kier molecular flexibility index (Phi) is 3.10. The van der Waals surface area contributed by atoms with E-state index in [0.717, 1.165) is 24.6 Å². The van der Waals surface area contributed by atoms with Crippen LogP contribution in [0.4, 0.5) is 0 Å². The number of halogens is 1. The van der Waals surface area contributed by atoms with Crippen LogP contribution in [0, 0.1) is 11.8 Å². The van der Waals surface area contributed by atoms with E-state index < -0.39 is 5.97 Å². The predicted molar refractivity (Wildman–Crippen MR) is 68.8 cm³/mol. The summed E-state index contributed by atoms with van der Waals surface area (Å²) in [6, 6.07) is 0. The summed E-state index contributed by atoms with van der Waals surface area (Å²) in [6.45, 7) is 0.563. The van der Waals surface area contributed by atoms with Crippen LogP contribution < -0.4 is 0 Å². The number of nitrogens with zero attached hydrogens (tertiary/aromatic N) is 4. The SMILES string of the molecule is O=C(O)[C@@H]1CCC[C@H]1Cn1ncc2cnc(Cl)nc21. The topological polar surface area (TPSA) is 80.9 Å². The summed E-state index contributed by atoms with van der Waals surface area (Å²) in [5.41, 5.74) is 0.663. The van der Waals surface area contributed by atoms with Crippen LogP contribution in [0.1, 0.15) is 19.3 Å². The van der Waals surface area contributed by atoms with Gasteiger partial charge in [0.15, 0.2) is 5.65 Å². The number of hydrogen-bond donors (Lipinski definition) is 1. The van der Waals surface area contributed by atoms with E-state index in [1.54, 1.807) is 17.1 Å². The number of aromatic nitrogens is 4. The number of carbonyl (C=O) groups is 1. The standard InChI is InChI=1S/C12H13ClN4O2/c13-12-14-4-8-5-15-17(10(8)16-12)6-7-2-1-3-9(7)11(18)19/h4-5,7,9H,1-3,6H2,(H,18,19)/t7-,9+/m0/s1. The zero-order valence-corrected chi connectivity index (χ0v) is 10.9. The second-order valence-electron chi connectivity index (χ2n) is 4.88. The van der Waals surface area contributed by atoms with Crippen LogP contribution in [-0.2, 0) is 11.3 Å². The molecule has 2 aromatic heterocycles. The molecule has 100 valence electrons. The highest BCUT2D eigenvalue weighted by Gasteiger charge is 2.33. The normalized spacial score (nSPS) is 23.0. The van der Waals surface area contributed by atoms with Gasteiger partial charge < -0.3 is 5.11 Å². The highest BCUT2D eigenvalue weighted by Crippen LogP contribution is 2.33. The maximum absolute atomic E-state index is 11.2. The van der Waals surface area contributed by atoms with Crippen molar-refractivity contribution in [3.05, 3.63) is 17.7 Å². The van der Waals surface area contributed by atoms with E-state index in [9.17, 15) is 9.90 Å². The van der Waals surface area contributed by atoms with Crippen molar-refractivity contribution in [1.29, 1.82) is 0 Å². The van der Waals surface area contributed by atoms with Gasteiger partial charge in [-0.1, -0.05) is 6.42 Å². The molecule has 0 saturated heterocycles. The van der Waals surface area contributed by atoms with Crippen molar-refractivity contribution in [1.82, 2.24) is 19.7 Å². The lowest BCUT2D eigenvalue weighted by atomic mass is 9.96. The average molecular weight is 281 g/mol. The first-order valence-corrected chi connectivity index (χ1v) is 6.60. The number of fused-ring (bicyclic) bond motifs is 1. The molecule has 7 heteroatoms. The van der Waals surface area contributed by atoms with Crippen molar-refractivity contribution in [2.45, 2.75) is 25.8 Å². The Bertz CT molecular complexity index is 627. The molecule has 0 aromatic carbocycles. The Labute approximate surface area is 114 Å². The van der Waals surface area contributed by atoms with Gasteiger partial charge in [-0.15, -0.1) is 0 Å². The summed E-state index contributed by atoms with van der Waals surface area (Å²) in [7, 11) is 0. The molecule has 19 heavy (non-hydrogen) atoms. The van der Waals surface area contributed by atoms with E-state index in [4.69, 9.17) is 11.6 Å². The van der Waals surface area contributed by atoms with Gasteiger partial charge in [-0.25, -0.2) is 9.67 Å². The second-order valence-corrected chi connectivity index (χ2v) is 5.22. The first-order valence-electron chi connectivity index (χ1n) is 6.22. The van der Waals surface area contributed by atoms with Crippen molar-refractivity contribution in [3.63, 3.8) is 0 Å². The largest absolute Gasteiger partial charge is 0.481 e. The number of carboxylic acids is 1. The minimum absolute atomic E-state index is 0.106. The van der Waals surface area contributed by atoms with Crippen molar-refractivity contribution in [2.75, 3.05) is 0 Å². The van der Waals surface area contributed by atoms with Gasteiger partial charge in [0, 0.05) is 12.7 Å². The van der Waals surface area contributed by atoms with Crippen LogP contribution in [0.2, 0.25) is 5.28 Å². The summed E-state index contributed by atoms with van der Waals surface area (Å²) < 4.78 is 1.73. The van der Waals surface area contributed by atoms with Crippen LogP contribution in [-0.4, -0.2) is 30.8 Å². The Balaban J connectivity index is 1.89. The Morgan fingerprint density at radius 2 is 2.32 bits per heavy atom. The molecule has 0 bridgehead atoms. The van der Waals surface area contributed by atoms with Crippen LogP contribution in [0.25, 0.3) is 11.0 Å². The monoisotopic (exact) mass is 280 g/mol. The van der Waals surface area contributed by atoms with Gasteiger partial charge >= 0.3 is 5.97 Å². The van der Waals surface area contributed by atoms with Crippen LogP contribution >= 0.6 is 11.6 Å². The van der Waals surface area contributed by atoms with Gasteiger partial charge in [0.05, 0.1) is 17.5 Å². The van der Waals surface area contributed by atoms with Crippen LogP contribution in [0.15, 0.2) is 12.4 Å². The first kappa shape index (κ1) is 12.3. The third kappa shape index (κ3) is 2.28. The highest BCUT2D eigenvalue weighted by molar-refractivity contribution is 6.28. The lowest BCUT2D eigenvalue weighted by Gasteiger charge is -2.15. The van der Waals surface area contributed by atoms with E-state index >= 15 is 0 Å². The van der Waals surface area contributed by atoms with Gasteiger partial charge in [0.2, 0.25) is 5.28 Å². The molecule has 1 N–H and O–H groups in total. The third-order valence-corrected chi connectivity index (χ3v) is 3.91. The molecular formula is C12H13ClN4O2. The summed E-state index contributed by atoms with van der Waals surface area (Å²) in [4.78, 5) is 19.2. The minimum Gasteiger partial charge on any atom is -0.481 e. The van der Waals surface area contributed by atoms with Gasteiger partial charge in [-0.3, -0.25) is 4.79 Å². The maximum Gasteiger partial charge on any atom is 0.306 e. The molecule has 6 nitrogen and oxygen atoms in total. The van der Waals surface area contributed by atoms with Crippen molar-refractivity contribution in [2.24, 2.45) is 11.8 Å². The highest BCUT2D eigenvalue weighted by atomic mass is 35.5. The quantitative estimate of drug-likeness (QED) is 0.870. The van der Waals surface area contributed by atoms with Gasteiger partial charge in [0.25, 0.3) is 0 Å². The average Bonchev–Trinajstić information content (AvgIpc) is 2.97. The zero-order valence-electron chi connectivity index (χ0n) is 10.2. The second kappa shape index (κ2) is 4.77. The van der Waals surface area contributed by atoms with Gasteiger partial charge in [-0.2, -0.15) is 10.1 Å². The molecule has 3 rings (SSSR count). The molecule has 0 aliphatic heterocycles. The van der Waals surface area contributed by atoms with Crippen LogP contribution in [0.3, 0.4) is 0 Å². The first-order chi connectivity index (χ1) is 9.15. The Morgan fingerprint density at radius 3 is 3.11 bits per heavy atom. The van der Waals surface area contributed by atoms with E-state index in [1.165, 1.54) is 0 Å². The summed E-state index contributed by atoms with van der Waals surface area (Å²) in [5, 5.41) is 14.4. The van der Waals surface area contributed by atoms with Gasteiger partial charge in [-0.05, 0) is 30.4 Å². The van der Waals surface area contributed by atoms with Gasteiger partial charge in [0.1, 0.15) is 0 Å². The molecule has 2 heterocycles. The van der Waals surface area contributed by atoms with E-state index in [0.29, 0.717) is 12.2 Å². The molecule has 0 spiro atoms. The number of carboxylic acid groups (broad SMARTS) is 1. The maximum atomic E-state index is 11.2. The summed E-state index contributed by atoms with van der Waals surface area (Å²) in [5.74, 6) is -0.891. The fourth-order valence-corrected chi connectivity index (χ4v) is 2.91. The number of rotatable bonds is 3. The smallest absolute Gasteiger partial charge is 0.306 e. The molecule has 0 unspecified atom stereocenters. The van der Waals surface area contributed by atoms with Crippen LogP contribution in [0.5, 0.6) is 0 Å². The third-order valence-electron chi connectivity index (χ3n) is 3.73. The fraction of sp³-hybridized carbons (Fsp3) is 0.500. The molecule has 1 fully saturated rings.